The van der Waals surface area contributed by atoms with Crippen LogP contribution in [-0.4, -0.2) is 58.9 Å². The predicted molar refractivity (Wildman–Crippen MR) is 116 cm³/mol. The largest absolute Gasteiger partial charge is 0.487 e. The second-order valence-corrected chi connectivity index (χ2v) is 8.61. The van der Waals surface area contributed by atoms with Gasteiger partial charge in [-0.1, -0.05) is 0 Å². The van der Waals surface area contributed by atoms with Crippen LogP contribution in [0.1, 0.15) is 24.0 Å². The molecule has 8 heteroatoms. The maximum Gasteiger partial charge on any atom is 0.126 e. The minimum atomic E-state index is -0.748. The standard InChI is InChI=1S/C23H28F2NO4P/c24-16-3-7-20-14(9-16)1-5-22(29-20)18(27)11-26(13-31)12-19(28)23-6-2-15-10-17(25)4-8-21(15)30-23/h3-4,7-10,18-19,22-23,27-28H,1-2,5-6,11-13,31H2. The van der Waals surface area contributed by atoms with Gasteiger partial charge in [0.2, 0.25) is 0 Å². The van der Waals surface area contributed by atoms with Gasteiger partial charge in [-0.2, -0.15) is 0 Å². The lowest BCUT2D eigenvalue weighted by Crippen LogP contribution is -2.48. The highest BCUT2D eigenvalue weighted by Gasteiger charge is 2.31. The van der Waals surface area contributed by atoms with Crippen molar-refractivity contribution < 1.29 is 28.5 Å². The number of aliphatic hydroxyl groups is 2. The van der Waals surface area contributed by atoms with E-state index in [4.69, 9.17) is 9.47 Å². The molecule has 0 amide bonds. The summed E-state index contributed by atoms with van der Waals surface area (Å²) in [7, 11) is 2.62. The Morgan fingerprint density at radius 3 is 1.74 bits per heavy atom. The van der Waals surface area contributed by atoms with Gasteiger partial charge in [-0.3, -0.25) is 4.90 Å². The van der Waals surface area contributed by atoms with Gasteiger partial charge in [-0.15, -0.1) is 9.24 Å². The summed E-state index contributed by atoms with van der Waals surface area (Å²) < 4.78 is 38.5. The third kappa shape index (κ3) is 5.35. The third-order valence-electron chi connectivity index (χ3n) is 6.01. The van der Waals surface area contributed by atoms with Gasteiger partial charge in [-0.05, 0) is 73.2 Å². The molecule has 0 fully saturated rings. The fourth-order valence-electron chi connectivity index (χ4n) is 4.29. The maximum absolute atomic E-state index is 13.4. The van der Waals surface area contributed by atoms with E-state index >= 15 is 0 Å². The van der Waals surface area contributed by atoms with Crippen LogP contribution in [0.15, 0.2) is 36.4 Å². The van der Waals surface area contributed by atoms with Crippen LogP contribution in [0.4, 0.5) is 8.78 Å². The summed E-state index contributed by atoms with van der Waals surface area (Å²) in [5.74, 6) is 0.643. The van der Waals surface area contributed by atoms with Crippen molar-refractivity contribution in [1.82, 2.24) is 4.90 Å². The first-order valence-electron chi connectivity index (χ1n) is 10.6. The van der Waals surface area contributed by atoms with E-state index in [1.807, 2.05) is 4.90 Å². The van der Waals surface area contributed by atoms with E-state index in [0.717, 1.165) is 11.1 Å². The van der Waals surface area contributed by atoms with Crippen LogP contribution >= 0.6 is 9.24 Å². The number of ether oxygens (including phenoxy) is 2. The van der Waals surface area contributed by atoms with Gasteiger partial charge in [0.1, 0.15) is 47.5 Å². The first kappa shape index (κ1) is 22.4. The molecule has 2 heterocycles. The smallest absolute Gasteiger partial charge is 0.126 e. The van der Waals surface area contributed by atoms with E-state index in [2.05, 4.69) is 9.24 Å². The highest BCUT2D eigenvalue weighted by Crippen LogP contribution is 2.31. The number of aryl methyl sites for hydroxylation is 2. The van der Waals surface area contributed by atoms with Crippen LogP contribution in [-0.2, 0) is 12.8 Å². The van der Waals surface area contributed by atoms with Crippen molar-refractivity contribution in [2.75, 3.05) is 19.4 Å². The molecule has 0 bridgehead atoms. The van der Waals surface area contributed by atoms with E-state index in [-0.39, 0.29) is 23.8 Å². The predicted octanol–water partition coefficient (Wildman–Crippen LogP) is 2.91. The average molecular weight is 451 g/mol. The number of hydrogen-bond donors (Lipinski definition) is 2. The van der Waals surface area contributed by atoms with Crippen molar-refractivity contribution >= 4 is 9.24 Å². The minimum Gasteiger partial charge on any atom is -0.487 e. The molecule has 5 unspecified atom stereocenters. The molecule has 0 radical (unpaired) electrons. The maximum atomic E-state index is 13.4. The lowest BCUT2D eigenvalue weighted by molar-refractivity contribution is -0.0228. The van der Waals surface area contributed by atoms with Crippen molar-refractivity contribution in [2.24, 2.45) is 0 Å². The number of benzene rings is 2. The van der Waals surface area contributed by atoms with Gasteiger partial charge in [-0.25, -0.2) is 8.78 Å². The number of nitrogens with zero attached hydrogens (tertiary/aromatic N) is 1. The summed E-state index contributed by atoms with van der Waals surface area (Å²) in [6, 6.07) is 8.86. The van der Waals surface area contributed by atoms with Crippen LogP contribution in [0.25, 0.3) is 0 Å². The van der Waals surface area contributed by atoms with Gasteiger partial charge >= 0.3 is 0 Å². The molecule has 0 spiro atoms. The molecule has 0 saturated heterocycles. The van der Waals surface area contributed by atoms with E-state index < -0.39 is 12.2 Å². The quantitative estimate of drug-likeness (QED) is 0.634. The molecule has 0 aliphatic carbocycles. The number of rotatable bonds is 7. The van der Waals surface area contributed by atoms with Crippen molar-refractivity contribution in [3.05, 3.63) is 59.2 Å². The summed E-state index contributed by atoms with van der Waals surface area (Å²) in [5.41, 5.74) is 1.63. The Hall–Kier alpha value is -1.79. The molecule has 4 rings (SSSR count). The minimum absolute atomic E-state index is 0.290. The molecule has 2 aliphatic rings. The summed E-state index contributed by atoms with van der Waals surface area (Å²) in [6.45, 7) is 0.659. The molecule has 5 atom stereocenters. The molecule has 5 nitrogen and oxygen atoms in total. The molecule has 2 aromatic rings. The van der Waals surface area contributed by atoms with Gasteiger partial charge in [0, 0.05) is 19.4 Å². The fourth-order valence-corrected chi connectivity index (χ4v) is 4.58. The van der Waals surface area contributed by atoms with E-state index in [0.29, 0.717) is 56.6 Å². The number of aliphatic hydroxyl groups excluding tert-OH is 2. The van der Waals surface area contributed by atoms with Crippen LogP contribution in [0.2, 0.25) is 0 Å². The second-order valence-electron chi connectivity index (χ2n) is 8.25. The van der Waals surface area contributed by atoms with Gasteiger partial charge in [0.25, 0.3) is 0 Å². The molecule has 0 aromatic heterocycles. The highest BCUT2D eigenvalue weighted by molar-refractivity contribution is 7.16. The molecule has 0 saturated carbocycles. The van der Waals surface area contributed by atoms with Crippen molar-refractivity contribution in [1.29, 1.82) is 0 Å². The second kappa shape index (κ2) is 9.78. The van der Waals surface area contributed by atoms with Crippen LogP contribution in [0, 0.1) is 11.6 Å². The monoisotopic (exact) mass is 451 g/mol. The van der Waals surface area contributed by atoms with Crippen molar-refractivity contribution in [3.63, 3.8) is 0 Å². The number of hydrogen-bond acceptors (Lipinski definition) is 5. The first-order chi connectivity index (χ1) is 14.9. The Morgan fingerprint density at radius 2 is 1.32 bits per heavy atom. The molecular formula is C23H28F2NO4P. The van der Waals surface area contributed by atoms with Gasteiger partial charge < -0.3 is 19.7 Å². The van der Waals surface area contributed by atoms with Crippen molar-refractivity contribution in [3.8, 4) is 11.5 Å². The molecule has 2 N–H and O–H groups in total. The zero-order valence-corrected chi connectivity index (χ0v) is 18.4. The summed E-state index contributed by atoms with van der Waals surface area (Å²) in [6.07, 6.45) is 0.792. The first-order valence-corrected chi connectivity index (χ1v) is 11.4. The molecule has 2 aromatic carbocycles. The van der Waals surface area contributed by atoms with Crippen LogP contribution in [0.3, 0.4) is 0 Å². The highest BCUT2D eigenvalue weighted by atomic mass is 31.0. The Labute approximate surface area is 183 Å². The lowest BCUT2D eigenvalue weighted by atomic mass is 9.98. The summed E-state index contributed by atoms with van der Waals surface area (Å²) in [5, 5.41) is 21.5. The topological polar surface area (TPSA) is 62.2 Å². The fraction of sp³-hybridized carbons (Fsp3) is 0.478. The van der Waals surface area contributed by atoms with Gasteiger partial charge in [0.15, 0.2) is 0 Å². The Kier molecular flexibility index (Phi) is 7.07. The van der Waals surface area contributed by atoms with Crippen molar-refractivity contribution in [2.45, 2.75) is 50.1 Å². The van der Waals surface area contributed by atoms with Crippen LogP contribution < -0.4 is 9.47 Å². The molecule has 2 aliphatic heterocycles. The number of halogens is 2. The van der Waals surface area contributed by atoms with E-state index in [1.54, 1.807) is 12.1 Å². The zero-order chi connectivity index (χ0) is 22.0. The zero-order valence-electron chi connectivity index (χ0n) is 17.2. The van der Waals surface area contributed by atoms with Crippen LogP contribution in [0.5, 0.6) is 11.5 Å². The number of fused-ring (bicyclic) bond motifs is 2. The molecule has 31 heavy (non-hydrogen) atoms. The SMILES string of the molecule is OC(CN(CP)CC(O)C1CCc2cc(F)ccc2O1)C1CCc2cc(F)ccc2O1. The Bertz CT molecular complexity index is 844. The molecule has 168 valence electrons. The van der Waals surface area contributed by atoms with E-state index in [9.17, 15) is 19.0 Å². The summed E-state index contributed by atoms with van der Waals surface area (Å²) >= 11 is 0. The normalized spacial score (nSPS) is 22.1. The Morgan fingerprint density at radius 1 is 0.871 bits per heavy atom. The summed E-state index contributed by atoms with van der Waals surface area (Å²) in [4.78, 5) is 1.94. The van der Waals surface area contributed by atoms with Gasteiger partial charge in [0.05, 0.1) is 0 Å². The molecular weight excluding hydrogens is 423 g/mol. The Balaban J connectivity index is 1.32. The third-order valence-corrected chi connectivity index (χ3v) is 6.52. The lowest BCUT2D eigenvalue weighted by Gasteiger charge is -2.35. The van der Waals surface area contributed by atoms with E-state index in [1.165, 1.54) is 24.3 Å². The average Bonchev–Trinajstić information content (AvgIpc) is 2.77.